The molecule has 0 fully saturated rings. The van der Waals surface area contributed by atoms with Gasteiger partial charge in [-0.05, 0) is 18.2 Å². The molecule has 1 aromatic rings. The maximum atomic E-state index is 12.7. The molecule has 0 amide bonds. The van der Waals surface area contributed by atoms with Gasteiger partial charge in [-0.1, -0.05) is 28.1 Å². The van der Waals surface area contributed by atoms with Crippen LogP contribution in [0.25, 0.3) is 0 Å². The zero-order chi connectivity index (χ0) is 13.9. The van der Waals surface area contributed by atoms with Gasteiger partial charge in [-0.3, -0.25) is 0 Å². The normalized spacial score (nSPS) is 11.7. The van der Waals surface area contributed by atoms with Gasteiger partial charge in [-0.15, -0.1) is 0 Å². The maximum Gasteiger partial charge on any atom is 0.340 e. The zero-order valence-electron chi connectivity index (χ0n) is 8.80. The first kappa shape index (κ1) is 15.2. The van der Waals surface area contributed by atoms with Crippen LogP contribution in [0, 0.1) is 0 Å². The van der Waals surface area contributed by atoms with Gasteiger partial charge in [0, 0.05) is 4.47 Å². The molecular weight excluding hydrogens is 338 g/mol. The summed E-state index contributed by atoms with van der Waals surface area (Å²) in [6.07, 6.45) is -3.79. The first-order valence-corrected chi connectivity index (χ1v) is 5.82. The fourth-order valence-corrected chi connectivity index (χ4v) is 1.56. The predicted molar refractivity (Wildman–Crippen MR) is 66.5 cm³/mol. The van der Waals surface area contributed by atoms with Crippen molar-refractivity contribution in [2.75, 3.05) is 6.61 Å². The topological polar surface area (TPSA) is 35.2 Å². The minimum atomic E-state index is -4.23. The molecule has 0 spiro atoms. The van der Waals surface area contributed by atoms with E-state index in [2.05, 4.69) is 20.7 Å². The second kappa shape index (κ2) is 5.83. The Balaban J connectivity index is 2.90. The average Bonchev–Trinajstić information content (AvgIpc) is 2.26. The first-order chi connectivity index (χ1) is 8.24. The van der Waals surface area contributed by atoms with Gasteiger partial charge in [-0.25, -0.2) is 8.78 Å². The summed E-state index contributed by atoms with van der Waals surface area (Å²) in [5, 5.41) is 0. The highest BCUT2D eigenvalue weighted by atomic mass is 79.9. The lowest BCUT2D eigenvalue weighted by Gasteiger charge is -2.17. The van der Waals surface area contributed by atoms with Crippen molar-refractivity contribution in [1.29, 1.82) is 0 Å². The number of hydrogen-bond acceptors (Lipinski definition) is 2. The van der Waals surface area contributed by atoms with Crippen LogP contribution >= 0.6 is 28.1 Å². The van der Waals surface area contributed by atoms with Crippen molar-refractivity contribution in [2.45, 2.75) is 12.3 Å². The third kappa shape index (κ3) is 3.81. The number of hydrogen-bond donors (Lipinski definition) is 1. The van der Waals surface area contributed by atoms with Gasteiger partial charge in [-0.2, -0.15) is 8.78 Å². The van der Waals surface area contributed by atoms with Crippen molar-refractivity contribution in [3.63, 3.8) is 0 Å². The Morgan fingerprint density at radius 3 is 2.56 bits per heavy atom. The molecule has 1 aromatic carbocycles. The second-order valence-corrected chi connectivity index (χ2v) is 4.71. The van der Waals surface area contributed by atoms with Crippen LogP contribution in [0.3, 0.4) is 0 Å². The second-order valence-electron chi connectivity index (χ2n) is 3.36. The Hall–Kier alpha value is -0.890. The van der Waals surface area contributed by atoms with Crippen LogP contribution in [0.1, 0.15) is 5.56 Å². The third-order valence-corrected chi connectivity index (χ3v) is 2.66. The predicted octanol–water partition coefficient (Wildman–Crippen LogP) is 3.36. The number of ether oxygens (including phenoxy) is 1. The summed E-state index contributed by atoms with van der Waals surface area (Å²) in [5.74, 6) is -4.30. The fraction of sp³-hybridized carbons (Fsp3) is 0.300. The number of nitrogens with two attached hydrogens (primary N) is 1. The molecule has 100 valence electrons. The molecule has 2 N–H and O–H groups in total. The lowest BCUT2D eigenvalue weighted by Crippen LogP contribution is -2.34. The smallest absolute Gasteiger partial charge is 0.340 e. The molecule has 0 radical (unpaired) electrons. The highest BCUT2D eigenvalue weighted by Gasteiger charge is 2.41. The molecule has 8 heteroatoms. The minimum Gasteiger partial charge on any atom is -0.486 e. The molecule has 0 aromatic heterocycles. The highest BCUT2D eigenvalue weighted by molar-refractivity contribution is 9.10. The summed E-state index contributed by atoms with van der Waals surface area (Å²) >= 11 is 7.79. The lowest BCUT2D eigenvalue weighted by molar-refractivity contribution is -0.148. The molecule has 0 heterocycles. The molecular formula is C10H8BrF4NOS. The summed E-state index contributed by atoms with van der Waals surface area (Å²) in [7, 11) is 0. The fourth-order valence-electron chi connectivity index (χ4n) is 1.06. The summed E-state index contributed by atoms with van der Waals surface area (Å²) in [6.45, 7) is -1.45. The van der Waals surface area contributed by atoms with Crippen molar-refractivity contribution in [2.24, 2.45) is 5.73 Å². The summed E-state index contributed by atoms with van der Waals surface area (Å²) in [4.78, 5) is -0.0714. The molecule has 18 heavy (non-hydrogen) atoms. The highest BCUT2D eigenvalue weighted by Crippen LogP contribution is 2.28. The number of rotatable bonds is 5. The molecule has 1 rings (SSSR count). The largest absolute Gasteiger partial charge is 0.486 e. The quantitative estimate of drug-likeness (QED) is 0.656. The monoisotopic (exact) mass is 345 g/mol. The van der Waals surface area contributed by atoms with Crippen molar-refractivity contribution in [1.82, 2.24) is 0 Å². The van der Waals surface area contributed by atoms with Gasteiger partial charge in [0.05, 0.1) is 5.56 Å². The van der Waals surface area contributed by atoms with Crippen LogP contribution in [-0.2, 0) is 0 Å². The molecule has 0 saturated heterocycles. The van der Waals surface area contributed by atoms with E-state index in [1.807, 2.05) is 0 Å². The standard InChI is InChI=1S/C10H8BrF4NOS/c11-5-1-2-6(8(16)18)7(3-5)17-4-10(14,15)9(12)13/h1-3,9H,4H2,(H2,16,18). The minimum absolute atomic E-state index is 0.0714. The molecule has 0 saturated carbocycles. The van der Waals surface area contributed by atoms with Crippen LogP contribution < -0.4 is 10.5 Å². The van der Waals surface area contributed by atoms with Gasteiger partial charge < -0.3 is 10.5 Å². The number of halogens is 5. The zero-order valence-corrected chi connectivity index (χ0v) is 11.2. The van der Waals surface area contributed by atoms with Gasteiger partial charge >= 0.3 is 12.3 Å². The molecule has 0 atom stereocenters. The van der Waals surface area contributed by atoms with Gasteiger partial charge in [0.2, 0.25) is 0 Å². The Kier molecular flexibility index (Phi) is 4.92. The van der Waals surface area contributed by atoms with Crippen LogP contribution in [0.5, 0.6) is 5.75 Å². The van der Waals surface area contributed by atoms with Crippen molar-refractivity contribution >= 4 is 33.1 Å². The van der Waals surface area contributed by atoms with Crippen LogP contribution in [0.4, 0.5) is 17.6 Å². The van der Waals surface area contributed by atoms with Gasteiger partial charge in [0.25, 0.3) is 0 Å². The summed E-state index contributed by atoms with van der Waals surface area (Å²) in [5.41, 5.74) is 5.57. The average molecular weight is 346 g/mol. The van der Waals surface area contributed by atoms with Crippen molar-refractivity contribution in [3.05, 3.63) is 28.2 Å². The Morgan fingerprint density at radius 1 is 1.44 bits per heavy atom. The van der Waals surface area contributed by atoms with Crippen molar-refractivity contribution < 1.29 is 22.3 Å². The lowest BCUT2D eigenvalue weighted by atomic mass is 10.2. The van der Waals surface area contributed by atoms with E-state index >= 15 is 0 Å². The van der Waals surface area contributed by atoms with E-state index in [1.165, 1.54) is 12.1 Å². The SMILES string of the molecule is NC(=S)c1ccc(Br)cc1OCC(F)(F)C(F)F. The molecule has 0 unspecified atom stereocenters. The molecule has 0 aliphatic rings. The van der Waals surface area contributed by atoms with Crippen molar-refractivity contribution in [3.8, 4) is 5.75 Å². The number of alkyl halides is 4. The van der Waals surface area contributed by atoms with E-state index in [9.17, 15) is 17.6 Å². The maximum absolute atomic E-state index is 12.7. The molecule has 2 nitrogen and oxygen atoms in total. The van der Waals surface area contributed by atoms with E-state index < -0.39 is 19.0 Å². The van der Waals surface area contributed by atoms with Crippen LogP contribution in [0.2, 0.25) is 0 Å². The molecule has 0 aliphatic carbocycles. The van der Waals surface area contributed by atoms with Crippen LogP contribution in [-0.4, -0.2) is 23.9 Å². The Bertz CT molecular complexity index is 456. The third-order valence-electron chi connectivity index (χ3n) is 1.95. The van der Waals surface area contributed by atoms with E-state index in [4.69, 9.17) is 18.0 Å². The van der Waals surface area contributed by atoms with E-state index in [0.29, 0.717) is 4.47 Å². The molecule has 0 bridgehead atoms. The van der Waals surface area contributed by atoms with E-state index in [1.54, 1.807) is 6.07 Å². The number of thiocarbonyl (C=S) groups is 1. The summed E-state index contributed by atoms with van der Waals surface area (Å²) < 4.78 is 54.6. The first-order valence-electron chi connectivity index (χ1n) is 4.62. The molecule has 0 aliphatic heterocycles. The number of benzene rings is 1. The summed E-state index contributed by atoms with van der Waals surface area (Å²) in [6, 6.07) is 4.35. The Morgan fingerprint density at radius 2 is 2.06 bits per heavy atom. The van der Waals surface area contributed by atoms with Crippen LogP contribution in [0.15, 0.2) is 22.7 Å². The van der Waals surface area contributed by atoms with E-state index in [-0.39, 0.29) is 16.3 Å². The van der Waals surface area contributed by atoms with Gasteiger partial charge in [0.15, 0.2) is 6.61 Å². The van der Waals surface area contributed by atoms with Gasteiger partial charge in [0.1, 0.15) is 10.7 Å². The Labute approximate surface area is 114 Å². The van der Waals surface area contributed by atoms with E-state index in [0.717, 1.165) is 0 Å².